The Labute approximate surface area is 244 Å². The molecule has 1 fully saturated rings. The summed E-state index contributed by atoms with van der Waals surface area (Å²) in [7, 11) is 1.57. The SMILES string of the molecule is COc1ccc(-c2ccccc2)c(C(=O)Nc2ccc(C(=O)N3C[C@H]4COCCN4Cc4ccccc43)c(Cl)c2)c1. The molecule has 0 bridgehead atoms. The summed E-state index contributed by atoms with van der Waals surface area (Å²) in [5.74, 6) is 0.0807. The van der Waals surface area contributed by atoms with E-state index in [1.807, 2.05) is 60.7 Å². The quantitative estimate of drug-likeness (QED) is 0.314. The van der Waals surface area contributed by atoms with Crippen molar-refractivity contribution >= 4 is 34.8 Å². The van der Waals surface area contributed by atoms with E-state index in [4.69, 9.17) is 21.1 Å². The summed E-state index contributed by atoms with van der Waals surface area (Å²) in [5, 5.41) is 3.21. The predicted octanol–water partition coefficient (Wildman–Crippen LogP) is 6.13. The average Bonchev–Trinajstić information content (AvgIpc) is 3.18. The molecule has 2 aliphatic heterocycles. The van der Waals surface area contributed by atoms with Crippen LogP contribution in [0.5, 0.6) is 5.75 Å². The molecule has 41 heavy (non-hydrogen) atoms. The highest BCUT2D eigenvalue weighted by Gasteiger charge is 2.33. The van der Waals surface area contributed by atoms with E-state index in [2.05, 4.69) is 16.3 Å². The number of hydrogen-bond donors (Lipinski definition) is 1. The van der Waals surface area contributed by atoms with Crippen molar-refractivity contribution in [3.63, 3.8) is 0 Å². The number of morpholine rings is 1. The van der Waals surface area contributed by atoms with Crippen LogP contribution < -0.4 is 15.0 Å². The van der Waals surface area contributed by atoms with Crippen LogP contribution >= 0.6 is 11.6 Å². The topological polar surface area (TPSA) is 71.1 Å². The average molecular weight is 568 g/mol. The van der Waals surface area contributed by atoms with Crippen molar-refractivity contribution in [2.75, 3.05) is 43.6 Å². The lowest BCUT2D eigenvalue weighted by atomic mass is 9.98. The number of methoxy groups -OCH3 is 1. The van der Waals surface area contributed by atoms with Gasteiger partial charge in [-0.05, 0) is 59.2 Å². The number of benzene rings is 4. The zero-order valence-electron chi connectivity index (χ0n) is 22.7. The van der Waals surface area contributed by atoms with Crippen LogP contribution in [0.25, 0.3) is 11.1 Å². The minimum atomic E-state index is -0.309. The summed E-state index contributed by atoms with van der Waals surface area (Å²) in [4.78, 5) is 31.6. The number of carbonyl (C=O) groups is 2. The second kappa shape index (κ2) is 11.7. The van der Waals surface area contributed by atoms with Gasteiger partial charge in [-0.15, -0.1) is 0 Å². The van der Waals surface area contributed by atoms with E-state index in [0.29, 0.717) is 42.3 Å². The number of fused-ring (bicyclic) bond motifs is 2. The molecule has 0 saturated carbocycles. The molecule has 1 saturated heterocycles. The van der Waals surface area contributed by atoms with E-state index >= 15 is 0 Å². The molecule has 7 nitrogen and oxygen atoms in total. The maximum absolute atomic E-state index is 13.9. The first-order valence-electron chi connectivity index (χ1n) is 13.6. The monoisotopic (exact) mass is 567 g/mol. The van der Waals surface area contributed by atoms with Gasteiger partial charge >= 0.3 is 0 Å². The van der Waals surface area contributed by atoms with Gasteiger partial charge in [0.15, 0.2) is 0 Å². The minimum absolute atomic E-state index is 0.0964. The van der Waals surface area contributed by atoms with Gasteiger partial charge in [0.1, 0.15) is 5.75 Å². The molecule has 0 spiro atoms. The van der Waals surface area contributed by atoms with Crippen molar-refractivity contribution < 1.29 is 19.1 Å². The fourth-order valence-corrected chi connectivity index (χ4v) is 5.77. The largest absolute Gasteiger partial charge is 0.497 e. The number of nitrogens with one attached hydrogen (secondary N) is 1. The van der Waals surface area contributed by atoms with Gasteiger partial charge in [-0.3, -0.25) is 14.5 Å². The van der Waals surface area contributed by atoms with E-state index in [0.717, 1.165) is 35.5 Å². The molecular weight excluding hydrogens is 538 g/mol. The zero-order valence-corrected chi connectivity index (χ0v) is 23.4. The minimum Gasteiger partial charge on any atom is -0.497 e. The molecule has 2 heterocycles. The van der Waals surface area contributed by atoms with Crippen LogP contribution in [0.3, 0.4) is 0 Å². The molecule has 2 aliphatic rings. The third-order valence-corrected chi connectivity index (χ3v) is 7.97. The Hall–Kier alpha value is -4.17. The van der Waals surface area contributed by atoms with Crippen molar-refractivity contribution in [2.24, 2.45) is 0 Å². The van der Waals surface area contributed by atoms with Gasteiger partial charge in [-0.2, -0.15) is 0 Å². The van der Waals surface area contributed by atoms with Crippen molar-refractivity contribution in [3.05, 3.63) is 113 Å². The zero-order chi connectivity index (χ0) is 28.3. The third-order valence-electron chi connectivity index (χ3n) is 7.66. The van der Waals surface area contributed by atoms with Gasteiger partial charge in [0.05, 0.1) is 42.5 Å². The van der Waals surface area contributed by atoms with Crippen LogP contribution in [-0.4, -0.2) is 56.2 Å². The highest BCUT2D eigenvalue weighted by Crippen LogP contribution is 2.32. The van der Waals surface area contributed by atoms with E-state index in [1.165, 1.54) is 0 Å². The van der Waals surface area contributed by atoms with E-state index in [-0.39, 0.29) is 22.9 Å². The first-order valence-corrected chi connectivity index (χ1v) is 14.0. The Morgan fingerprint density at radius 1 is 0.951 bits per heavy atom. The van der Waals surface area contributed by atoms with Crippen LogP contribution in [0.15, 0.2) is 91.0 Å². The highest BCUT2D eigenvalue weighted by molar-refractivity contribution is 6.35. The van der Waals surface area contributed by atoms with E-state index in [1.54, 1.807) is 36.3 Å². The Morgan fingerprint density at radius 2 is 1.76 bits per heavy atom. The molecule has 2 amide bonds. The van der Waals surface area contributed by atoms with Gasteiger partial charge in [-0.25, -0.2) is 0 Å². The molecular formula is C33H30ClN3O4. The van der Waals surface area contributed by atoms with Crippen LogP contribution in [-0.2, 0) is 11.3 Å². The number of ether oxygens (including phenoxy) is 2. The standard InChI is InChI=1S/C33H30ClN3O4/c1-40-26-12-14-27(22-7-3-2-4-8-22)29(18-26)32(38)35-24-11-13-28(30(34)17-24)33(39)37-20-25-21-41-16-15-36(25)19-23-9-5-6-10-31(23)37/h2-14,17-18,25H,15-16,19-21H2,1H3,(H,35,38)/t25-/m0/s1. The van der Waals surface area contributed by atoms with E-state index < -0.39 is 0 Å². The van der Waals surface area contributed by atoms with Gasteiger partial charge in [-0.1, -0.05) is 60.1 Å². The fraction of sp³-hybridized carbons (Fsp3) is 0.212. The van der Waals surface area contributed by atoms with E-state index in [9.17, 15) is 9.59 Å². The molecule has 1 N–H and O–H groups in total. The number of para-hydroxylation sites is 1. The van der Waals surface area contributed by atoms with Gasteiger partial charge in [0, 0.05) is 31.0 Å². The van der Waals surface area contributed by atoms with Gasteiger partial charge in [0.25, 0.3) is 11.8 Å². The van der Waals surface area contributed by atoms with Crippen molar-refractivity contribution in [1.82, 2.24) is 4.90 Å². The maximum Gasteiger partial charge on any atom is 0.259 e. The molecule has 4 aromatic carbocycles. The predicted molar refractivity (Wildman–Crippen MR) is 161 cm³/mol. The third kappa shape index (κ3) is 5.57. The molecule has 8 heteroatoms. The fourth-order valence-electron chi connectivity index (χ4n) is 5.51. The van der Waals surface area contributed by atoms with Gasteiger partial charge in [0.2, 0.25) is 0 Å². The first kappa shape index (κ1) is 27.0. The Balaban J connectivity index is 1.27. The number of carbonyl (C=O) groups excluding carboxylic acids is 2. The number of amides is 2. The van der Waals surface area contributed by atoms with Gasteiger partial charge < -0.3 is 19.7 Å². The molecule has 6 rings (SSSR count). The Kier molecular flexibility index (Phi) is 7.74. The number of rotatable bonds is 5. The molecule has 0 aliphatic carbocycles. The Bertz CT molecular complexity index is 1590. The second-order valence-electron chi connectivity index (χ2n) is 10.2. The van der Waals surface area contributed by atoms with Crippen LogP contribution in [0.2, 0.25) is 5.02 Å². The first-order chi connectivity index (χ1) is 20.0. The molecule has 0 unspecified atom stereocenters. The number of nitrogens with zero attached hydrogens (tertiary/aromatic N) is 2. The molecule has 0 aromatic heterocycles. The van der Waals surface area contributed by atoms with Crippen LogP contribution in [0.4, 0.5) is 11.4 Å². The molecule has 0 radical (unpaired) electrons. The van der Waals surface area contributed by atoms with Crippen molar-refractivity contribution in [1.29, 1.82) is 0 Å². The summed E-state index contributed by atoms with van der Waals surface area (Å²) in [6.45, 7) is 3.36. The smallest absolute Gasteiger partial charge is 0.259 e. The second-order valence-corrected chi connectivity index (χ2v) is 10.6. The summed E-state index contributed by atoms with van der Waals surface area (Å²) in [6.07, 6.45) is 0. The van der Waals surface area contributed by atoms with Crippen molar-refractivity contribution in [2.45, 2.75) is 12.6 Å². The number of halogens is 1. The lowest BCUT2D eigenvalue weighted by Crippen LogP contribution is -2.50. The molecule has 1 atom stereocenters. The lowest BCUT2D eigenvalue weighted by Gasteiger charge is -2.35. The number of anilines is 2. The Morgan fingerprint density at radius 3 is 2.56 bits per heavy atom. The van der Waals surface area contributed by atoms with Crippen molar-refractivity contribution in [3.8, 4) is 16.9 Å². The summed E-state index contributed by atoms with van der Waals surface area (Å²) in [5.41, 5.74) is 5.00. The maximum atomic E-state index is 13.9. The van der Waals surface area contributed by atoms with Crippen LogP contribution in [0, 0.1) is 0 Å². The molecule has 208 valence electrons. The number of hydrogen-bond acceptors (Lipinski definition) is 5. The summed E-state index contributed by atoms with van der Waals surface area (Å²) >= 11 is 6.70. The normalized spacial score (nSPS) is 16.7. The molecule has 4 aromatic rings. The summed E-state index contributed by atoms with van der Waals surface area (Å²) < 4.78 is 11.1. The van der Waals surface area contributed by atoms with Crippen LogP contribution in [0.1, 0.15) is 26.3 Å². The highest BCUT2D eigenvalue weighted by atomic mass is 35.5. The summed E-state index contributed by atoms with van der Waals surface area (Å²) in [6, 6.07) is 28.2. The lowest BCUT2D eigenvalue weighted by molar-refractivity contribution is -0.00653.